The summed E-state index contributed by atoms with van der Waals surface area (Å²) < 4.78 is 2.62. The van der Waals surface area contributed by atoms with Crippen LogP contribution in [0.2, 0.25) is 5.02 Å². The van der Waals surface area contributed by atoms with Crippen molar-refractivity contribution in [2.45, 2.75) is 6.54 Å². The Morgan fingerprint density at radius 2 is 2.16 bits per heavy atom. The third kappa shape index (κ3) is 2.98. The van der Waals surface area contributed by atoms with Crippen LogP contribution in [0.4, 0.5) is 0 Å². The summed E-state index contributed by atoms with van der Waals surface area (Å²) in [6.45, 7) is 0.459. The highest BCUT2D eigenvalue weighted by Crippen LogP contribution is 2.20. The molecule has 0 unspecified atom stereocenters. The highest BCUT2D eigenvalue weighted by molar-refractivity contribution is 9.10. The van der Waals surface area contributed by atoms with E-state index >= 15 is 0 Å². The van der Waals surface area contributed by atoms with Crippen molar-refractivity contribution in [2.24, 2.45) is 7.05 Å². The maximum absolute atomic E-state index is 12.3. The molecule has 1 heterocycles. The van der Waals surface area contributed by atoms with Crippen molar-refractivity contribution >= 4 is 33.4 Å². The van der Waals surface area contributed by atoms with Crippen LogP contribution >= 0.6 is 27.5 Å². The summed E-state index contributed by atoms with van der Waals surface area (Å²) >= 11 is 9.45. The number of carbonyl (C=O) groups excluding carboxylic acids is 1. The average Bonchev–Trinajstić information content (AvgIpc) is 2.70. The van der Waals surface area contributed by atoms with Gasteiger partial charge in [-0.2, -0.15) is 5.10 Å². The van der Waals surface area contributed by atoms with E-state index in [1.165, 1.54) is 0 Å². The van der Waals surface area contributed by atoms with Crippen LogP contribution in [0, 0.1) is 0 Å². The number of aromatic nitrogens is 2. The van der Waals surface area contributed by atoms with Gasteiger partial charge in [0.05, 0.1) is 33.5 Å². The molecule has 0 aliphatic heterocycles. The maximum atomic E-state index is 12.3. The molecule has 2 aromatic rings. The molecule has 100 valence electrons. The standard InChI is InChI=1S/C13H13BrClN3O/c1-17(8-12-10(14)7-16-18(12)2)13(19)9-5-3-4-6-11(9)15/h3-7H,8H2,1-2H3. The molecule has 6 heteroatoms. The van der Waals surface area contributed by atoms with Gasteiger partial charge in [-0.05, 0) is 28.1 Å². The third-order valence-corrected chi connectivity index (χ3v) is 3.84. The van der Waals surface area contributed by atoms with Gasteiger partial charge in [0.2, 0.25) is 0 Å². The number of aryl methyl sites for hydroxylation is 1. The van der Waals surface area contributed by atoms with Crippen LogP contribution in [0.5, 0.6) is 0 Å². The van der Waals surface area contributed by atoms with Crippen molar-refractivity contribution in [1.82, 2.24) is 14.7 Å². The van der Waals surface area contributed by atoms with Gasteiger partial charge in [-0.15, -0.1) is 0 Å². The monoisotopic (exact) mass is 341 g/mol. The molecule has 0 fully saturated rings. The number of carbonyl (C=O) groups is 1. The van der Waals surface area contributed by atoms with Gasteiger partial charge < -0.3 is 4.90 Å². The first-order chi connectivity index (χ1) is 9.00. The fourth-order valence-electron chi connectivity index (χ4n) is 1.75. The number of rotatable bonds is 3. The molecule has 0 saturated carbocycles. The minimum Gasteiger partial charge on any atom is -0.336 e. The average molecular weight is 343 g/mol. The Morgan fingerprint density at radius 3 is 2.74 bits per heavy atom. The van der Waals surface area contributed by atoms with Crippen molar-refractivity contribution in [1.29, 1.82) is 0 Å². The van der Waals surface area contributed by atoms with Crippen molar-refractivity contribution in [3.8, 4) is 0 Å². The molecule has 1 aromatic heterocycles. The first kappa shape index (κ1) is 14.1. The van der Waals surface area contributed by atoms with Crippen LogP contribution in [0.3, 0.4) is 0 Å². The first-order valence-electron chi connectivity index (χ1n) is 5.67. The van der Waals surface area contributed by atoms with Crippen molar-refractivity contribution in [2.75, 3.05) is 7.05 Å². The molecule has 4 nitrogen and oxygen atoms in total. The van der Waals surface area contributed by atoms with E-state index in [1.807, 2.05) is 7.05 Å². The maximum Gasteiger partial charge on any atom is 0.255 e. The summed E-state index contributed by atoms with van der Waals surface area (Å²) in [5.74, 6) is -0.112. The van der Waals surface area contributed by atoms with Gasteiger partial charge in [0.15, 0.2) is 0 Å². The first-order valence-corrected chi connectivity index (χ1v) is 6.84. The summed E-state index contributed by atoms with van der Waals surface area (Å²) in [6.07, 6.45) is 1.71. The molecule has 19 heavy (non-hydrogen) atoms. The quantitative estimate of drug-likeness (QED) is 0.859. The van der Waals surface area contributed by atoms with Gasteiger partial charge in [0.25, 0.3) is 5.91 Å². The zero-order valence-electron chi connectivity index (χ0n) is 10.6. The van der Waals surface area contributed by atoms with E-state index in [2.05, 4.69) is 21.0 Å². The van der Waals surface area contributed by atoms with E-state index in [4.69, 9.17) is 11.6 Å². The molecule has 1 aromatic carbocycles. The van der Waals surface area contributed by atoms with Crippen LogP contribution in [-0.4, -0.2) is 27.6 Å². The lowest BCUT2D eigenvalue weighted by atomic mass is 10.2. The zero-order valence-corrected chi connectivity index (χ0v) is 12.9. The number of hydrogen-bond donors (Lipinski definition) is 0. The number of benzene rings is 1. The van der Waals surface area contributed by atoms with Crippen molar-refractivity contribution in [3.05, 3.63) is 51.2 Å². The zero-order chi connectivity index (χ0) is 14.0. The fourth-order valence-corrected chi connectivity index (χ4v) is 2.44. The normalized spacial score (nSPS) is 10.5. The lowest BCUT2D eigenvalue weighted by molar-refractivity contribution is 0.0782. The van der Waals surface area contributed by atoms with Crippen molar-refractivity contribution < 1.29 is 4.79 Å². The molecule has 0 atom stereocenters. The van der Waals surface area contributed by atoms with Crippen LogP contribution in [0.25, 0.3) is 0 Å². The Bertz CT molecular complexity index is 592. The molecule has 2 rings (SSSR count). The summed E-state index contributed by atoms with van der Waals surface area (Å²) in [6, 6.07) is 7.03. The topological polar surface area (TPSA) is 38.1 Å². The van der Waals surface area contributed by atoms with Gasteiger partial charge in [0, 0.05) is 14.1 Å². The number of nitrogens with zero attached hydrogens (tertiary/aromatic N) is 3. The summed E-state index contributed by atoms with van der Waals surface area (Å²) in [5.41, 5.74) is 1.44. The van der Waals surface area contributed by atoms with Crippen molar-refractivity contribution in [3.63, 3.8) is 0 Å². The van der Waals surface area contributed by atoms with E-state index in [0.29, 0.717) is 17.1 Å². The second-order valence-electron chi connectivity index (χ2n) is 4.20. The Hall–Kier alpha value is -1.33. The van der Waals surface area contributed by atoms with Gasteiger partial charge >= 0.3 is 0 Å². The molecule has 0 aliphatic carbocycles. The van der Waals surface area contributed by atoms with Crippen LogP contribution < -0.4 is 0 Å². The number of hydrogen-bond acceptors (Lipinski definition) is 2. The molecule has 0 aliphatic rings. The highest BCUT2D eigenvalue weighted by atomic mass is 79.9. The minimum absolute atomic E-state index is 0.112. The third-order valence-electron chi connectivity index (χ3n) is 2.85. The smallest absolute Gasteiger partial charge is 0.255 e. The van der Waals surface area contributed by atoms with E-state index in [9.17, 15) is 4.79 Å². The molecule has 0 bridgehead atoms. The molecular formula is C13H13BrClN3O. The van der Waals surface area contributed by atoms with E-state index < -0.39 is 0 Å². The lowest BCUT2D eigenvalue weighted by Gasteiger charge is -2.18. The number of halogens is 2. The van der Waals surface area contributed by atoms with Crippen LogP contribution in [0.15, 0.2) is 34.9 Å². The van der Waals surface area contributed by atoms with E-state index in [0.717, 1.165) is 10.2 Å². The molecule has 0 spiro atoms. The Balaban J connectivity index is 2.19. The molecule has 0 radical (unpaired) electrons. The fraction of sp³-hybridized carbons (Fsp3) is 0.231. The predicted octanol–water partition coefficient (Wildman–Crippen LogP) is 3.11. The molecule has 0 N–H and O–H groups in total. The van der Waals surface area contributed by atoms with Gasteiger partial charge in [-0.25, -0.2) is 0 Å². The largest absolute Gasteiger partial charge is 0.336 e. The predicted molar refractivity (Wildman–Crippen MR) is 78.2 cm³/mol. The highest BCUT2D eigenvalue weighted by Gasteiger charge is 2.17. The van der Waals surface area contributed by atoms with E-state index in [1.54, 1.807) is 47.1 Å². The SMILES string of the molecule is CN(Cc1c(Br)cnn1C)C(=O)c1ccccc1Cl. The summed E-state index contributed by atoms with van der Waals surface area (Å²) in [7, 11) is 3.58. The second kappa shape index (κ2) is 5.75. The molecule has 0 saturated heterocycles. The summed E-state index contributed by atoms with van der Waals surface area (Å²) in [4.78, 5) is 13.9. The minimum atomic E-state index is -0.112. The summed E-state index contributed by atoms with van der Waals surface area (Å²) in [5, 5.41) is 4.59. The Kier molecular flexibility index (Phi) is 4.27. The van der Waals surface area contributed by atoms with E-state index in [-0.39, 0.29) is 5.91 Å². The number of amides is 1. The van der Waals surface area contributed by atoms with Gasteiger partial charge in [-0.1, -0.05) is 23.7 Å². The van der Waals surface area contributed by atoms with Crippen LogP contribution in [0.1, 0.15) is 16.1 Å². The Labute approximate surface area is 125 Å². The van der Waals surface area contributed by atoms with Crippen LogP contribution in [-0.2, 0) is 13.6 Å². The van der Waals surface area contributed by atoms with Gasteiger partial charge in [0.1, 0.15) is 0 Å². The second-order valence-corrected chi connectivity index (χ2v) is 5.47. The van der Waals surface area contributed by atoms with Gasteiger partial charge in [-0.3, -0.25) is 9.48 Å². The lowest BCUT2D eigenvalue weighted by Crippen LogP contribution is -2.27. The Morgan fingerprint density at radius 1 is 1.47 bits per heavy atom. The molecule has 1 amide bonds. The molecular weight excluding hydrogens is 330 g/mol.